The van der Waals surface area contributed by atoms with Crippen LogP contribution in [0.2, 0.25) is 5.02 Å². The highest BCUT2D eigenvalue weighted by Crippen LogP contribution is 2.33. The molecule has 0 aliphatic carbocycles. The van der Waals surface area contributed by atoms with Gasteiger partial charge in [-0.2, -0.15) is 13.2 Å². The fourth-order valence-electron chi connectivity index (χ4n) is 3.12. The van der Waals surface area contributed by atoms with E-state index in [0.29, 0.717) is 26.2 Å². The number of piperazine rings is 1. The number of hydrogen-bond donors (Lipinski definition) is 1. The van der Waals surface area contributed by atoms with Gasteiger partial charge < -0.3 is 15.1 Å². The van der Waals surface area contributed by atoms with E-state index in [1.807, 2.05) is 30.3 Å². The molecule has 1 aliphatic heterocycles. The summed E-state index contributed by atoms with van der Waals surface area (Å²) in [5, 5.41) is 2.53. The van der Waals surface area contributed by atoms with Gasteiger partial charge in [0.15, 0.2) is 0 Å². The Morgan fingerprint density at radius 1 is 1.10 bits per heavy atom. The minimum Gasteiger partial charge on any atom is -0.352 e. The molecule has 2 aromatic rings. The molecule has 0 spiro atoms. The molecule has 0 bridgehead atoms. The van der Waals surface area contributed by atoms with Crippen molar-refractivity contribution in [3.05, 3.63) is 58.7 Å². The number of halogens is 4. The molecule has 2 heterocycles. The van der Waals surface area contributed by atoms with Gasteiger partial charge in [0.1, 0.15) is 5.82 Å². The molecule has 0 atom stereocenters. The third kappa shape index (κ3) is 5.63. The average molecular weight is 441 g/mol. The van der Waals surface area contributed by atoms with Crippen LogP contribution in [0.5, 0.6) is 0 Å². The maximum atomic E-state index is 12.7. The zero-order valence-corrected chi connectivity index (χ0v) is 16.7. The van der Waals surface area contributed by atoms with Gasteiger partial charge in [0.05, 0.1) is 23.6 Å². The topological polar surface area (TPSA) is 65.5 Å². The van der Waals surface area contributed by atoms with Gasteiger partial charge in [-0.05, 0) is 11.6 Å². The number of aromatic nitrogens is 1. The Hall–Kier alpha value is -2.81. The van der Waals surface area contributed by atoms with E-state index in [4.69, 9.17) is 11.6 Å². The number of benzene rings is 1. The average Bonchev–Trinajstić information content (AvgIpc) is 2.72. The number of amides is 2. The SMILES string of the molecule is O=C(Cc1ccccc1)NCC(=O)N1CCN(c2ncc(C(F)(F)F)cc2Cl)CC1. The van der Waals surface area contributed by atoms with E-state index in [1.165, 1.54) is 0 Å². The van der Waals surface area contributed by atoms with Gasteiger partial charge >= 0.3 is 6.18 Å². The molecule has 160 valence electrons. The van der Waals surface area contributed by atoms with Crippen molar-refractivity contribution in [3.63, 3.8) is 0 Å². The lowest BCUT2D eigenvalue weighted by atomic mass is 10.1. The van der Waals surface area contributed by atoms with Gasteiger partial charge in [-0.25, -0.2) is 4.98 Å². The normalized spacial score (nSPS) is 14.5. The Bertz CT molecular complexity index is 901. The lowest BCUT2D eigenvalue weighted by molar-refractivity contribution is -0.137. The largest absolute Gasteiger partial charge is 0.417 e. The van der Waals surface area contributed by atoms with Crippen LogP contribution < -0.4 is 10.2 Å². The lowest BCUT2D eigenvalue weighted by Gasteiger charge is -2.35. The first-order chi connectivity index (χ1) is 14.2. The number of rotatable bonds is 5. The number of pyridine rings is 1. The molecule has 3 rings (SSSR count). The Balaban J connectivity index is 1.48. The number of anilines is 1. The first-order valence-corrected chi connectivity index (χ1v) is 9.68. The molecule has 1 N–H and O–H groups in total. The molecule has 10 heteroatoms. The number of alkyl halides is 3. The molecule has 2 amide bonds. The van der Waals surface area contributed by atoms with Crippen molar-refractivity contribution in [2.75, 3.05) is 37.6 Å². The van der Waals surface area contributed by atoms with Crippen molar-refractivity contribution in [1.82, 2.24) is 15.2 Å². The van der Waals surface area contributed by atoms with Gasteiger partial charge in [0.25, 0.3) is 0 Å². The number of carbonyl (C=O) groups is 2. The molecule has 1 aromatic carbocycles. The molecular weight excluding hydrogens is 421 g/mol. The zero-order chi connectivity index (χ0) is 21.7. The third-order valence-electron chi connectivity index (χ3n) is 4.73. The Kier molecular flexibility index (Phi) is 6.81. The molecule has 1 aliphatic rings. The molecule has 1 fully saturated rings. The van der Waals surface area contributed by atoms with Crippen molar-refractivity contribution in [1.29, 1.82) is 0 Å². The number of hydrogen-bond acceptors (Lipinski definition) is 4. The second kappa shape index (κ2) is 9.34. The zero-order valence-electron chi connectivity index (χ0n) is 16.0. The molecule has 1 saturated heterocycles. The van der Waals surface area contributed by atoms with Gasteiger partial charge in [-0.3, -0.25) is 9.59 Å². The molecule has 0 saturated carbocycles. The van der Waals surface area contributed by atoms with Crippen molar-refractivity contribution in [2.45, 2.75) is 12.6 Å². The van der Waals surface area contributed by atoms with Gasteiger partial charge in [-0.15, -0.1) is 0 Å². The quantitative estimate of drug-likeness (QED) is 0.776. The van der Waals surface area contributed by atoms with Crippen LogP contribution >= 0.6 is 11.6 Å². The summed E-state index contributed by atoms with van der Waals surface area (Å²) in [4.78, 5) is 31.5. The summed E-state index contributed by atoms with van der Waals surface area (Å²) in [6, 6.07) is 10.1. The monoisotopic (exact) mass is 440 g/mol. The van der Waals surface area contributed by atoms with Crippen LogP contribution in [0.15, 0.2) is 42.6 Å². The minimum absolute atomic E-state index is 0.0854. The highest BCUT2D eigenvalue weighted by molar-refractivity contribution is 6.33. The van der Waals surface area contributed by atoms with Crippen LogP contribution in [0.3, 0.4) is 0 Å². The van der Waals surface area contributed by atoms with Crippen molar-refractivity contribution >= 4 is 29.2 Å². The number of nitrogens with one attached hydrogen (secondary N) is 1. The predicted molar refractivity (Wildman–Crippen MR) is 106 cm³/mol. The van der Waals surface area contributed by atoms with Gasteiger partial charge in [0, 0.05) is 32.4 Å². The van der Waals surface area contributed by atoms with Crippen LogP contribution in [-0.4, -0.2) is 54.4 Å². The van der Waals surface area contributed by atoms with E-state index < -0.39 is 11.7 Å². The summed E-state index contributed by atoms with van der Waals surface area (Å²) in [5.74, 6) is -0.204. The number of nitrogens with zero attached hydrogens (tertiary/aromatic N) is 3. The second-order valence-corrected chi connectivity index (χ2v) is 7.24. The summed E-state index contributed by atoms with van der Waals surface area (Å²) in [5.41, 5.74) is -0.0479. The van der Waals surface area contributed by atoms with E-state index in [9.17, 15) is 22.8 Å². The Labute approximate surface area is 176 Å². The van der Waals surface area contributed by atoms with Crippen molar-refractivity contribution < 1.29 is 22.8 Å². The summed E-state index contributed by atoms with van der Waals surface area (Å²) in [6.07, 6.45) is -3.56. The maximum absolute atomic E-state index is 12.7. The molecule has 1 aromatic heterocycles. The van der Waals surface area contributed by atoms with E-state index >= 15 is 0 Å². The summed E-state index contributed by atoms with van der Waals surface area (Å²) < 4.78 is 38.2. The Morgan fingerprint density at radius 2 is 1.77 bits per heavy atom. The molecule has 30 heavy (non-hydrogen) atoms. The predicted octanol–water partition coefficient (Wildman–Crippen LogP) is 2.76. The lowest BCUT2D eigenvalue weighted by Crippen LogP contribution is -2.51. The Morgan fingerprint density at radius 3 is 2.37 bits per heavy atom. The fourth-order valence-corrected chi connectivity index (χ4v) is 3.40. The highest BCUT2D eigenvalue weighted by Gasteiger charge is 2.32. The minimum atomic E-state index is -4.51. The molecule has 0 unspecified atom stereocenters. The van der Waals surface area contributed by atoms with Crippen LogP contribution in [0.1, 0.15) is 11.1 Å². The number of carbonyl (C=O) groups excluding carboxylic acids is 2. The highest BCUT2D eigenvalue weighted by atomic mass is 35.5. The summed E-state index contributed by atoms with van der Waals surface area (Å²) in [6.45, 7) is 1.35. The van der Waals surface area contributed by atoms with E-state index in [0.717, 1.165) is 17.8 Å². The molecular formula is C20H20ClF3N4O2. The van der Waals surface area contributed by atoms with Crippen LogP contribution in [-0.2, 0) is 22.2 Å². The van der Waals surface area contributed by atoms with Crippen LogP contribution in [0.4, 0.5) is 19.0 Å². The molecule has 6 nitrogen and oxygen atoms in total. The van der Waals surface area contributed by atoms with E-state index in [2.05, 4.69) is 10.3 Å². The molecule has 0 radical (unpaired) electrons. The van der Waals surface area contributed by atoms with Crippen molar-refractivity contribution in [2.24, 2.45) is 0 Å². The van der Waals surface area contributed by atoms with E-state index in [1.54, 1.807) is 9.80 Å². The summed E-state index contributed by atoms with van der Waals surface area (Å²) >= 11 is 5.99. The summed E-state index contributed by atoms with van der Waals surface area (Å²) in [7, 11) is 0. The first-order valence-electron chi connectivity index (χ1n) is 9.30. The van der Waals surface area contributed by atoms with Crippen molar-refractivity contribution in [3.8, 4) is 0 Å². The van der Waals surface area contributed by atoms with E-state index in [-0.39, 0.29) is 35.6 Å². The van der Waals surface area contributed by atoms with Crippen LogP contribution in [0.25, 0.3) is 0 Å². The second-order valence-electron chi connectivity index (χ2n) is 6.83. The fraction of sp³-hybridized carbons (Fsp3) is 0.350. The standard InChI is InChI=1S/C20H20ClF3N4O2/c21-16-11-15(20(22,23)24)12-26-19(16)28-8-6-27(7-9-28)18(30)13-25-17(29)10-14-4-2-1-3-5-14/h1-5,11-12H,6-10,13H2,(H,25,29). The third-order valence-corrected chi connectivity index (χ3v) is 5.00. The van der Waals surface area contributed by atoms with Gasteiger partial charge in [-0.1, -0.05) is 41.9 Å². The van der Waals surface area contributed by atoms with Gasteiger partial charge in [0.2, 0.25) is 11.8 Å². The maximum Gasteiger partial charge on any atom is 0.417 e. The first kappa shape index (κ1) is 21.9. The smallest absolute Gasteiger partial charge is 0.352 e. The van der Waals surface area contributed by atoms with Crippen LogP contribution in [0, 0.1) is 0 Å².